The number of carbonyl (C=O) groups is 1. The van der Waals surface area contributed by atoms with Crippen molar-refractivity contribution in [2.24, 2.45) is 10.8 Å². The van der Waals surface area contributed by atoms with Crippen molar-refractivity contribution in [3.8, 4) is 0 Å². The summed E-state index contributed by atoms with van der Waals surface area (Å²) >= 11 is 5.91. The van der Waals surface area contributed by atoms with Gasteiger partial charge in [-0.2, -0.15) is 5.10 Å². The van der Waals surface area contributed by atoms with E-state index < -0.39 is 6.03 Å². The smallest absolute Gasteiger partial charge is 0.332 e. The lowest BCUT2D eigenvalue weighted by molar-refractivity contribution is 0.249. The standard InChI is InChI=1S/C17H16ClN3O/c1-12(20-21-17(19)22)16(14-5-3-2-4-6-14)11-13-7-9-15(18)10-8-13/h2-11H,1H3,(H3,19,21,22). The highest BCUT2D eigenvalue weighted by molar-refractivity contribution is 6.30. The van der Waals surface area contributed by atoms with Crippen LogP contribution in [0.2, 0.25) is 5.02 Å². The van der Waals surface area contributed by atoms with E-state index in [1.54, 1.807) is 0 Å². The van der Waals surface area contributed by atoms with Crippen molar-refractivity contribution in [2.75, 3.05) is 0 Å². The van der Waals surface area contributed by atoms with E-state index in [-0.39, 0.29) is 0 Å². The maximum Gasteiger partial charge on any atom is 0.332 e. The number of nitrogens with one attached hydrogen (secondary N) is 1. The first kappa shape index (κ1) is 15.8. The second-order valence-electron chi connectivity index (χ2n) is 4.65. The first-order valence-corrected chi connectivity index (χ1v) is 7.07. The molecule has 0 saturated carbocycles. The summed E-state index contributed by atoms with van der Waals surface area (Å²) in [5.41, 5.74) is 10.8. The number of nitrogens with zero attached hydrogens (tertiary/aromatic N) is 1. The first-order valence-electron chi connectivity index (χ1n) is 6.69. The van der Waals surface area contributed by atoms with Gasteiger partial charge in [0.1, 0.15) is 0 Å². The van der Waals surface area contributed by atoms with Gasteiger partial charge in [0.05, 0.1) is 5.71 Å². The molecule has 0 unspecified atom stereocenters. The Morgan fingerprint density at radius 2 is 1.77 bits per heavy atom. The summed E-state index contributed by atoms with van der Waals surface area (Å²) in [5, 5.41) is 4.69. The molecule has 0 atom stereocenters. The molecule has 3 N–H and O–H groups in total. The zero-order valence-electron chi connectivity index (χ0n) is 12.1. The monoisotopic (exact) mass is 313 g/mol. The molecule has 2 aromatic rings. The second kappa shape index (κ2) is 7.43. The van der Waals surface area contributed by atoms with Gasteiger partial charge in [0.15, 0.2) is 0 Å². The zero-order valence-corrected chi connectivity index (χ0v) is 12.8. The lowest BCUT2D eigenvalue weighted by atomic mass is 9.99. The molecule has 0 radical (unpaired) electrons. The van der Waals surface area contributed by atoms with Crippen LogP contribution in [0.25, 0.3) is 11.6 Å². The average molecular weight is 314 g/mol. The molecular weight excluding hydrogens is 298 g/mol. The maximum absolute atomic E-state index is 10.8. The number of carbonyl (C=O) groups excluding carboxylic acids is 1. The molecule has 0 spiro atoms. The minimum Gasteiger partial charge on any atom is -0.350 e. The Kier molecular flexibility index (Phi) is 5.33. The highest BCUT2D eigenvalue weighted by Gasteiger charge is 2.06. The van der Waals surface area contributed by atoms with Gasteiger partial charge < -0.3 is 5.73 Å². The lowest BCUT2D eigenvalue weighted by Gasteiger charge is -2.08. The number of nitrogens with two attached hydrogens (primary N) is 1. The van der Waals surface area contributed by atoms with Crippen LogP contribution in [0.3, 0.4) is 0 Å². The number of amides is 2. The van der Waals surface area contributed by atoms with E-state index in [1.807, 2.05) is 67.6 Å². The van der Waals surface area contributed by atoms with Crippen LogP contribution in [0.1, 0.15) is 18.1 Å². The predicted molar refractivity (Wildman–Crippen MR) is 91.6 cm³/mol. The highest BCUT2D eigenvalue weighted by atomic mass is 35.5. The van der Waals surface area contributed by atoms with Crippen molar-refractivity contribution in [1.29, 1.82) is 0 Å². The van der Waals surface area contributed by atoms with Crippen LogP contribution in [0.5, 0.6) is 0 Å². The number of benzene rings is 2. The molecule has 0 aliphatic carbocycles. The molecule has 0 aromatic heterocycles. The Morgan fingerprint density at radius 3 is 2.36 bits per heavy atom. The zero-order chi connectivity index (χ0) is 15.9. The van der Waals surface area contributed by atoms with Crippen LogP contribution in [-0.4, -0.2) is 11.7 Å². The van der Waals surface area contributed by atoms with Gasteiger partial charge in [-0.25, -0.2) is 10.2 Å². The normalized spacial score (nSPS) is 12.1. The van der Waals surface area contributed by atoms with Crippen LogP contribution in [0.15, 0.2) is 59.7 Å². The molecule has 2 amide bonds. The van der Waals surface area contributed by atoms with Crippen molar-refractivity contribution >= 4 is 35.0 Å². The molecule has 0 heterocycles. The molecule has 2 rings (SSSR count). The number of halogens is 1. The number of rotatable bonds is 4. The molecule has 0 bridgehead atoms. The molecule has 2 aromatic carbocycles. The molecule has 0 fully saturated rings. The highest BCUT2D eigenvalue weighted by Crippen LogP contribution is 2.21. The number of hydrazone groups is 1. The van der Waals surface area contributed by atoms with E-state index in [2.05, 4.69) is 10.5 Å². The van der Waals surface area contributed by atoms with Crippen molar-refractivity contribution in [2.45, 2.75) is 6.92 Å². The fourth-order valence-electron chi connectivity index (χ4n) is 1.94. The Labute approximate surface area is 134 Å². The summed E-state index contributed by atoms with van der Waals surface area (Å²) in [6.45, 7) is 1.81. The van der Waals surface area contributed by atoms with Crippen LogP contribution in [0, 0.1) is 0 Å². The molecule has 4 nitrogen and oxygen atoms in total. The van der Waals surface area contributed by atoms with Gasteiger partial charge in [0, 0.05) is 10.6 Å². The Bertz CT molecular complexity index is 706. The minimum absolute atomic E-state index is 0.653. The van der Waals surface area contributed by atoms with E-state index in [1.165, 1.54) is 0 Å². The third-order valence-electron chi connectivity index (χ3n) is 2.99. The first-order chi connectivity index (χ1) is 10.6. The summed E-state index contributed by atoms with van der Waals surface area (Å²) in [4.78, 5) is 10.8. The largest absolute Gasteiger partial charge is 0.350 e. The van der Waals surface area contributed by atoms with Gasteiger partial charge in [-0.15, -0.1) is 0 Å². The van der Waals surface area contributed by atoms with Gasteiger partial charge in [-0.05, 0) is 36.3 Å². The van der Waals surface area contributed by atoms with E-state index in [4.69, 9.17) is 17.3 Å². The molecule has 5 heteroatoms. The van der Waals surface area contributed by atoms with Gasteiger partial charge in [-0.3, -0.25) is 0 Å². The second-order valence-corrected chi connectivity index (χ2v) is 5.09. The summed E-state index contributed by atoms with van der Waals surface area (Å²) < 4.78 is 0. The fraction of sp³-hybridized carbons (Fsp3) is 0.0588. The Morgan fingerprint density at radius 1 is 1.14 bits per heavy atom. The van der Waals surface area contributed by atoms with Gasteiger partial charge >= 0.3 is 6.03 Å². The SMILES string of the molecule is CC(=NNC(N)=O)C(=Cc1ccc(Cl)cc1)c1ccccc1. The number of primary amides is 1. The van der Waals surface area contributed by atoms with Crippen molar-refractivity contribution < 1.29 is 4.79 Å². The van der Waals surface area contributed by atoms with Gasteiger partial charge in [-0.1, -0.05) is 54.1 Å². The van der Waals surface area contributed by atoms with E-state index in [0.717, 1.165) is 16.7 Å². The van der Waals surface area contributed by atoms with Gasteiger partial charge in [0.2, 0.25) is 0 Å². The van der Waals surface area contributed by atoms with E-state index >= 15 is 0 Å². The number of hydrogen-bond donors (Lipinski definition) is 2. The Hall–Kier alpha value is -2.59. The molecular formula is C17H16ClN3O. The molecule has 22 heavy (non-hydrogen) atoms. The number of allylic oxidation sites excluding steroid dienone is 1. The number of urea groups is 1. The van der Waals surface area contributed by atoms with Crippen LogP contribution in [0.4, 0.5) is 4.79 Å². The maximum atomic E-state index is 10.8. The van der Waals surface area contributed by atoms with Crippen molar-refractivity contribution in [3.05, 3.63) is 70.7 Å². The molecule has 0 saturated heterocycles. The number of hydrogen-bond acceptors (Lipinski definition) is 2. The van der Waals surface area contributed by atoms with Crippen LogP contribution >= 0.6 is 11.6 Å². The quantitative estimate of drug-likeness (QED) is 0.501. The van der Waals surface area contributed by atoms with Crippen LogP contribution < -0.4 is 11.2 Å². The molecule has 112 valence electrons. The summed E-state index contributed by atoms with van der Waals surface area (Å²) in [6, 6.07) is 16.6. The predicted octanol–water partition coefficient (Wildman–Crippen LogP) is 3.92. The fourth-order valence-corrected chi connectivity index (χ4v) is 2.07. The van der Waals surface area contributed by atoms with E-state index in [0.29, 0.717) is 10.7 Å². The minimum atomic E-state index is -0.696. The van der Waals surface area contributed by atoms with Crippen LogP contribution in [-0.2, 0) is 0 Å². The van der Waals surface area contributed by atoms with Gasteiger partial charge in [0.25, 0.3) is 0 Å². The molecule has 0 aliphatic heterocycles. The summed E-state index contributed by atoms with van der Waals surface area (Å²) in [6.07, 6.45) is 1.98. The third-order valence-corrected chi connectivity index (χ3v) is 3.24. The van der Waals surface area contributed by atoms with Crippen molar-refractivity contribution in [1.82, 2.24) is 5.43 Å². The van der Waals surface area contributed by atoms with E-state index in [9.17, 15) is 4.79 Å². The topological polar surface area (TPSA) is 67.5 Å². The third kappa shape index (κ3) is 4.46. The Balaban J connectivity index is 2.43. The lowest BCUT2D eigenvalue weighted by Crippen LogP contribution is -2.25. The average Bonchev–Trinajstić information content (AvgIpc) is 2.53. The van der Waals surface area contributed by atoms with Crippen molar-refractivity contribution in [3.63, 3.8) is 0 Å². The molecule has 0 aliphatic rings. The summed E-state index contributed by atoms with van der Waals surface area (Å²) in [5.74, 6) is 0. The summed E-state index contributed by atoms with van der Waals surface area (Å²) in [7, 11) is 0.